The normalized spacial score (nSPS) is 16.0. The van der Waals surface area contributed by atoms with Crippen molar-refractivity contribution in [3.63, 3.8) is 0 Å². The molecule has 110 valence electrons. The van der Waals surface area contributed by atoms with E-state index in [1.807, 2.05) is 24.3 Å². The van der Waals surface area contributed by atoms with Crippen molar-refractivity contribution in [2.45, 2.75) is 32.1 Å². The van der Waals surface area contributed by atoms with E-state index < -0.39 is 0 Å². The molecule has 21 heavy (non-hydrogen) atoms. The minimum absolute atomic E-state index is 0.340. The SMILES string of the molecule is NC(=S)c1cnc2ccccc2c1OCC1CCCCC1. The Hall–Kier alpha value is -1.68. The van der Waals surface area contributed by atoms with Crippen molar-refractivity contribution >= 4 is 28.1 Å². The van der Waals surface area contributed by atoms with Gasteiger partial charge in [0, 0.05) is 11.6 Å². The van der Waals surface area contributed by atoms with Gasteiger partial charge in [0.1, 0.15) is 10.7 Å². The van der Waals surface area contributed by atoms with Gasteiger partial charge in [0.2, 0.25) is 0 Å². The lowest BCUT2D eigenvalue weighted by Gasteiger charge is -2.22. The number of nitrogens with zero attached hydrogens (tertiary/aromatic N) is 1. The molecule has 0 bridgehead atoms. The maximum atomic E-state index is 6.14. The molecular weight excluding hydrogens is 280 g/mol. The molecule has 1 saturated carbocycles. The molecule has 0 radical (unpaired) electrons. The van der Waals surface area contributed by atoms with E-state index in [4.69, 9.17) is 22.7 Å². The smallest absolute Gasteiger partial charge is 0.140 e. The van der Waals surface area contributed by atoms with Gasteiger partial charge in [-0.15, -0.1) is 0 Å². The molecule has 1 aliphatic rings. The average Bonchev–Trinajstić information content (AvgIpc) is 2.53. The fourth-order valence-corrected chi connectivity index (χ4v) is 3.15. The maximum Gasteiger partial charge on any atom is 0.140 e. The van der Waals surface area contributed by atoms with Crippen LogP contribution in [0.5, 0.6) is 5.75 Å². The van der Waals surface area contributed by atoms with Crippen molar-refractivity contribution < 1.29 is 4.74 Å². The second kappa shape index (κ2) is 6.39. The Balaban J connectivity index is 1.90. The Morgan fingerprint density at radius 3 is 2.76 bits per heavy atom. The third-order valence-electron chi connectivity index (χ3n) is 4.18. The fourth-order valence-electron chi connectivity index (χ4n) is 3.00. The van der Waals surface area contributed by atoms with Crippen LogP contribution in [0.2, 0.25) is 0 Å². The molecule has 0 saturated heterocycles. The predicted octanol–water partition coefficient (Wildman–Crippen LogP) is 3.83. The number of hydrogen-bond donors (Lipinski definition) is 1. The Morgan fingerprint density at radius 2 is 2.00 bits per heavy atom. The zero-order valence-corrected chi connectivity index (χ0v) is 12.9. The lowest BCUT2D eigenvalue weighted by Crippen LogP contribution is -2.18. The van der Waals surface area contributed by atoms with Gasteiger partial charge in [0.25, 0.3) is 0 Å². The van der Waals surface area contributed by atoms with Crippen molar-refractivity contribution in [2.75, 3.05) is 6.61 Å². The Kier molecular flexibility index (Phi) is 4.34. The highest BCUT2D eigenvalue weighted by Gasteiger charge is 2.17. The van der Waals surface area contributed by atoms with Gasteiger partial charge >= 0.3 is 0 Å². The standard InChI is InChI=1S/C17H20N2OS/c18-17(21)14-10-19-15-9-5-4-8-13(15)16(14)20-11-12-6-2-1-3-7-12/h4-5,8-10,12H,1-3,6-7,11H2,(H2,18,21). The van der Waals surface area contributed by atoms with Crippen molar-refractivity contribution in [3.05, 3.63) is 36.0 Å². The minimum atomic E-state index is 0.340. The summed E-state index contributed by atoms with van der Waals surface area (Å²) in [6, 6.07) is 7.95. The van der Waals surface area contributed by atoms with E-state index in [0.717, 1.165) is 28.8 Å². The van der Waals surface area contributed by atoms with Crippen molar-refractivity contribution in [1.82, 2.24) is 4.98 Å². The molecule has 0 atom stereocenters. The number of thiocarbonyl (C=S) groups is 1. The molecule has 1 aromatic heterocycles. The van der Waals surface area contributed by atoms with Gasteiger partial charge in [-0.05, 0) is 30.9 Å². The van der Waals surface area contributed by atoms with Crippen molar-refractivity contribution in [2.24, 2.45) is 11.7 Å². The van der Waals surface area contributed by atoms with E-state index in [1.165, 1.54) is 32.1 Å². The first kappa shape index (κ1) is 14.3. The van der Waals surface area contributed by atoms with E-state index in [1.54, 1.807) is 6.20 Å². The average molecular weight is 300 g/mol. The molecule has 0 unspecified atom stereocenters. The molecule has 2 aromatic rings. The van der Waals surface area contributed by atoms with Crippen LogP contribution in [0.15, 0.2) is 30.5 Å². The topological polar surface area (TPSA) is 48.1 Å². The fraction of sp³-hybridized carbons (Fsp3) is 0.412. The molecule has 4 heteroatoms. The van der Waals surface area contributed by atoms with Crippen LogP contribution in [0.25, 0.3) is 10.9 Å². The summed E-state index contributed by atoms with van der Waals surface area (Å²) in [5.74, 6) is 1.43. The second-order valence-corrected chi connectivity index (χ2v) is 6.14. The summed E-state index contributed by atoms with van der Waals surface area (Å²) in [7, 11) is 0. The molecule has 1 aromatic carbocycles. The summed E-state index contributed by atoms with van der Waals surface area (Å²) >= 11 is 5.14. The summed E-state index contributed by atoms with van der Waals surface area (Å²) in [5, 5.41) is 0.985. The van der Waals surface area contributed by atoms with Crippen LogP contribution in [-0.4, -0.2) is 16.6 Å². The van der Waals surface area contributed by atoms with Gasteiger partial charge in [0.15, 0.2) is 0 Å². The van der Waals surface area contributed by atoms with Crippen LogP contribution in [0.4, 0.5) is 0 Å². The number of benzene rings is 1. The molecular formula is C17H20N2OS. The third-order valence-corrected chi connectivity index (χ3v) is 4.40. The molecule has 0 amide bonds. The van der Waals surface area contributed by atoms with Gasteiger partial charge < -0.3 is 10.5 Å². The van der Waals surface area contributed by atoms with Gasteiger partial charge in [-0.25, -0.2) is 0 Å². The van der Waals surface area contributed by atoms with E-state index in [9.17, 15) is 0 Å². The summed E-state index contributed by atoms with van der Waals surface area (Å²) < 4.78 is 6.14. The van der Waals surface area contributed by atoms with E-state index in [-0.39, 0.29) is 0 Å². The third kappa shape index (κ3) is 3.16. The van der Waals surface area contributed by atoms with E-state index in [2.05, 4.69) is 4.98 Å². The summed E-state index contributed by atoms with van der Waals surface area (Å²) in [6.45, 7) is 0.740. The molecule has 2 N–H and O–H groups in total. The van der Waals surface area contributed by atoms with Crippen LogP contribution in [0.3, 0.4) is 0 Å². The zero-order valence-electron chi connectivity index (χ0n) is 12.0. The lowest BCUT2D eigenvalue weighted by atomic mass is 9.90. The number of nitrogens with two attached hydrogens (primary N) is 1. The number of fused-ring (bicyclic) bond motifs is 1. The number of pyridine rings is 1. The highest BCUT2D eigenvalue weighted by atomic mass is 32.1. The van der Waals surface area contributed by atoms with Gasteiger partial charge in [-0.3, -0.25) is 4.98 Å². The maximum absolute atomic E-state index is 6.14. The second-order valence-electron chi connectivity index (χ2n) is 5.70. The molecule has 0 spiro atoms. The van der Waals surface area contributed by atoms with E-state index in [0.29, 0.717) is 10.9 Å². The van der Waals surface area contributed by atoms with Gasteiger partial charge in [-0.2, -0.15) is 0 Å². The Morgan fingerprint density at radius 1 is 1.24 bits per heavy atom. The van der Waals surface area contributed by atoms with Crippen LogP contribution in [0, 0.1) is 5.92 Å². The first-order chi connectivity index (χ1) is 10.3. The van der Waals surface area contributed by atoms with Crippen molar-refractivity contribution in [3.8, 4) is 5.75 Å². The van der Waals surface area contributed by atoms with E-state index >= 15 is 0 Å². The first-order valence-electron chi connectivity index (χ1n) is 7.56. The Labute approximate surface area is 130 Å². The number of ether oxygens (including phenoxy) is 1. The van der Waals surface area contributed by atoms with Crippen LogP contribution >= 0.6 is 12.2 Å². The molecule has 1 heterocycles. The number of para-hydroxylation sites is 1. The monoisotopic (exact) mass is 300 g/mol. The molecule has 0 aliphatic heterocycles. The molecule has 1 aliphatic carbocycles. The largest absolute Gasteiger partial charge is 0.492 e. The minimum Gasteiger partial charge on any atom is -0.492 e. The van der Waals surface area contributed by atoms with Crippen LogP contribution < -0.4 is 10.5 Å². The lowest BCUT2D eigenvalue weighted by molar-refractivity contribution is 0.210. The summed E-state index contributed by atoms with van der Waals surface area (Å²) in [4.78, 5) is 4.75. The molecule has 3 rings (SSSR count). The molecule has 1 fully saturated rings. The van der Waals surface area contributed by atoms with Crippen molar-refractivity contribution in [1.29, 1.82) is 0 Å². The predicted molar refractivity (Wildman–Crippen MR) is 89.7 cm³/mol. The van der Waals surface area contributed by atoms with Gasteiger partial charge in [0.05, 0.1) is 17.7 Å². The number of rotatable bonds is 4. The highest BCUT2D eigenvalue weighted by Crippen LogP contribution is 2.30. The number of hydrogen-bond acceptors (Lipinski definition) is 3. The first-order valence-corrected chi connectivity index (χ1v) is 7.97. The Bertz CT molecular complexity index is 650. The quantitative estimate of drug-likeness (QED) is 0.872. The summed E-state index contributed by atoms with van der Waals surface area (Å²) in [6.07, 6.45) is 8.21. The van der Waals surface area contributed by atoms with Gasteiger partial charge in [-0.1, -0.05) is 43.6 Å². The molecule has 3 nitrogen and oxygen atoms in total. The zero-order chi connectivity index (χ0) is 14.7. The van der Waals surface area contributed by atoms with Crippen LogP contribution in [0.1, 0.15) is 37.7 Å². The summed E-state index contributed by atoms with van der Waals surface area (Å²) in [5.41, 5.74) is 7.47. The number of aromatic nitrogens is 1. The highest BCUT2D eigenvalue weighted by molar-refractivity contribution is 7.80. The van der Waals surface area contributed by atoms with Crippen LogP contribution in [-0.2, 0) is 0 Å².